The topological polar surface area (TPSA) is 117 Å². The van der Waals surface area contributed by atoms with E-state index in [4.69, 9.17) is 21.3 Å². The first-order chi connectivity index (χ1) is 26.8. The number of benzene rings is 3. The number of nitrogens with one attached hydrogen (secondary N) is 3. The summed E-state index contributed by atoms with van der Waals surface area (Å²) in [4.78, 5) is 36.9. The third-order valence-corrected chi connectivity index (χ3v) is 10.9. The second-order valence-electron chi connectivity index (χ2n) is 14.6. The summed E-state index contributed by atoms with van der Waals surface area (Å²) in [5.74, 6) is -0.545. The zero-order valence-electron chi connectivity index (χ0n) is 32.0. The predicted molar refractivity (Wildman–Crippen MR) is 218 cm³/mol. The number of aryl methyl sites for hydroxylation is 2. The molecule has 2 aliphatic heterocycles. The van der Waals surface area contributed by atoms with E-state index in [9.17, 15) is 9.59 Å². The van der Waals surface area contributed by atoms with E-state index in [1.165, 1.54) is 5.56 Å². The minimum Gasteiger partial charge on any atom is -0.381 e. The Morgan fingerprint density at radius 2 is 1.56 bits per heavy atom. The fraction of sp³-hybridized carbons (Fsp3) is 0.395. The summed E-state index contributed by atoms with van der Waals surface area (Å²) in [7, 11) is 2.17. The standard InChI is InChI=1S/C43H51ClN8O3/c1-4-39-37(40(48-36-12-18-55-19-13-36)38-27-47-52(5-2)41(38)49-39)26-46-43(54)33-11-7-10-32(23-33)42(53)45-25-30-21-34(24-35(44)22-30)31-9-6-8-29(20-31)28-51-16-14-50(3)15-17-51/h6-11,20-24,27,36H,4-5,12-19,25-26,28H2,1-3H3,(H,45,53)(H,46,54)(H,48,49). The molecule has 0 spiro atoms. The van der Waals surface area contributed by atoms with E-state index in [1.54, 1.807) is 24.3 Å². The molecule has 0 radical (unpaired) electrons. The van der Waals surface area contributed by atoms with Crippen LogP contribution in [0.4, 0.5) is 5.69 Å². The largest absolute Gasteiger partial charge is 0.381 e. The van der Waals surface area contributed by atoms with Crippen molar-refractivity contribution in [3.63, 3.8) is 0 Å². The number of carbonyl (C=O) groups excluding carboxylic acids is 2. The van der Waals surface area contributed by atoms with Gasteiger partial charge in [0.2, 0.25) is 0 Å². The monoisotopic (exact) mass is 762 g/mol. The van der Waals surface area contributed by atoms with E-state index >= 15 is 0 Å². The Kier molecular flexibility index (Phi) is 12.4. The maximum absolute atomic E-state index is 13.6. The fourth-order valence-corrected chi connectivity index (χ4v) is 7.75. The van der Waals surface area contributed by atoms with Gasteiger partial charge in [0.1, 0.15) is 0 Å². The van der Waals surface area contributed by atoms with Crippen LogP contribution in [0.5, 0.6) is 0 Å². The van der Waals surface area contributed by atoms with Gasteiger partial charge in [-0.3, -0.25) is 14.5 Å². The molecule has 3 aromatic carbocycles. The molecule has 3 N–H and O–H groups in total. The van der Waals surface area contributed by atoms with Gasteiger partial charge in [0, 0.05) is 99.0 Å². The number of aromatic nitrogens is 3. The lowest BCUT2D eigenvalue weighted by Gasteiger charge is -2.32. The number of pyridine rings is 1. The Morgan fingerprint density at radius 1 is 0.855 bits per heavy atom. The molecular weight excluding hydrogens is 712 g/mol. The normalized spacial score (nSPS) is 15.6. The van der Waals surface area contributed by atoms with Gasteiger partial charge in [0.25, 0.3) is 11.8 Å². The molecule has 55 heavy (non-hydrogen) atoms. The molecule has 7 rings (SSSR count). The minimum atomic E-state index is -0.274. The summed E-state index contributed by atoms with van der Waals surface area (Å²) in [6.45, 7) is 12.0. The van der Waals surface area contributed by atoms with Crippen molar-refractivity contribution < 1.29 is 14.3 Å². The summed E-state index contributed by atoms with van der Waals surface area (Å²) >= 11 is 6.60. The van der Waals surface area contributed by atoms with Crippen LogP contribution in [0.2, 0.25) is 5.02 Å². The van der Waals surface area contributed by atoms with Crippen LogP contribution in [0.25, 0.3) is 22.2 Å². The second-order valence-corrected chi connectivity index (χ2v) is 15.0. The Hall–Kier alpha value is -4.81. The smallest absolute Gasteiger partial charge is 0.251 e. The highest BCUT2D eigenvalue weighted by molar-refractivity contribution is 6.31. The van der Waals surface area contributed by atoms with Crippen molar-refractivity contribution in [3.05, 3.63) is 111 Å². The van der Waals surface area contributed by atoms with E-state index in [0.29, 0.717) is 42.3 Å². The van der Waals surface area contributed by atoms with Gasteiger partial charge in [-0.2, -0.15) is 5.10 Å². The van der Waals surface area contributed by atoms with Gasteiger partial charge in [0.05, 0.1) is 17.3 Å². The van der Waals surface area contributed by atoms with Crippen LogP contribution in [0.3, 0.4) is 0 Å². The number of amides is 2. The van der Waals surface area contributed by atoms with Crippen LogP contribution >= 0.6 is 11.6 Å². The summed E-state index contributed by atoms with van der Waals surface area (Å²) < 4.78 is 7.51. The molecule has 0 saturated carbocycles. The number of likely N-dealkylation sites (N-methyl/N-ethyl adjacent to an activating group) is 1. The van der Waals surface area contributed by atoms with Crippen LogP contribution in [-0.2, 0) is 37.3 Å². The quantitative estimate of drug-likeness (QED) is 0.124. The average Bonchev–Trinajstić information content (AvgIpc) is 3.63. The molecule has 2 aliphatic rings. The average molecular weight is 763 g/mol. The molecule has 5 aromatic rings. The molecule has 0 unspecified atom stereocenters. The van der Waals surface area contributed by atoms with E-state index in [2.05, 4.69) is 82.1 Å². The summed E-state index contributed by atoms with van der Waals surface area (Å²) in [6, 6.07) is 21.6. The van der Waals surface area contributed by atoms with Crippen molar-refractivity contribution in [2.45, 2.75) is 65.3 Å². The van der Waals surface area contributed by atoms with Crippen LogP contribution in [0.15, 0.2) is 72.9 Å². The van der Waals surface area contributed by atoms with Crippen LogP contribution in [0.1, 0.15) is 69.8 Å². The lowest BCUT2D eigenvalue weighted by Crippen LogP contribution is -2.43. The van der Waals surface area contributed by atoms with Gasteiger partial charge in [-0.15, -0.1) is 0 Å². The van der Waals surface area contributed by atoms with E-state index < -0.39 is 0 Å². The second kappa shape index (κ2) is 17.8. The number of carbonyl (C=O) groups is 2. The van der Waals surface area contributed by atoms with Crippen molar-refractivity contribution in [2.75, 3.05) is 51.8 Å². The van der Waals surface area contributed by atoms with Crippen molar-refractivity contribution >= 4 is 40.1 Å². The first kappa shape index (κ1) is 38.5. The molecule has 2 aromatic heterocycles. The van der Waals surface area contributed by atoms with Crippen molar-refractivity contribution in [1.82, 2.24) is 35.2 Å². The molecule has 11 nitrogen and oxygen atoms in total. The lowest BCUT2D eigenvalue weighted by atomic mass is 10.0. The van der Waals surface area contributed by atoms with Gasteiger partial charge >= 0.3 is 0 Å². The van der Waals surface area contributed by atoms with Crippen molar-refractivity contribution in [2.24, 2.45) is 0 Å². The molecule has 2 saturated heterocycles. The van der Waals surface area contributed by atoms with Crippen LogP contribution in [-0.4, -0.2) is 88.9 Å². The van der Waals surface area contributed by atoms with Crippen LogP contribution < -0.4 is 16.0 Å². The maximum Gasteiger partial charge on any atom is 0.251 e. The summed E-state index contributed by atoms with van der Waals surface area (Å²) in [5.41, 5.74) is 8.70. The Bertz CT molecular complexity index is 2140. The molecule has 2 fully saturated rings. The van der Waals surface area contributed by atoms with Crippen molar-refractivity contribution in [3.8, 4) is 11.1 Å². The van der Waals surface area contributed by atoms with E-state index in [0.717, 1.165) is 90.2 Å². The fourth-order valence-electron chi connectivity index (χ4n) is 7.49. The molecule has 0 bridgehead atoms. The summed E-state index contributed by atoms with van der Waals surface area (Å²) in [5, 5.41) is 16.0. The summed E-state index contributed by atoms with van der Waals surface area (Å²) in [6.07, 6.45) is 4.36. The minimum absolute atomic E-state index is 0.251. The highest BCUT2D eigenvalue weighted by Gasteiger charge is 2.23. The molecule has 0 atom stereocenters. The van der Waals surface area contributed by atoms with Gasteiger partial charge in [-0.25, -0.2) is 9.67 Å². The SMILES string of the molecule is CCc1nc2c(cnn2CC)c(NC2CCOCC2)c1CNC(=O)c1cccc(C(=O)NCc2cc(Cl)cc(-c3cccc(CN4CCN(C)CC4)c3)c2)c1. The molecule has 288 valence electrons. The number of nitrogens with zero attached hydrogens (tertiary/aromatic N) is 5. The van der Waals surface area contributed by atoms with Crippen LogP contribution in [0, 0.1) is 0 Å². The molecular formula is C43H51ClN8O3. The van der Waals surface area contributed by atoms with E-state index in [1.807, 2.05) is 23.0 Å². The number of fused-ring (bicyclic) bond motifs is 1. The number of halogens is 1. The third-order valence-electron chi connectivity index (χ3n) is 10.7. The lowest BCUT2D eigenvalue weighted by molar-refractivity contribution is 0.0904. The number of anilines is 1. The number of hydrogen-bond acceptors (Lipinski definition) is 8. The zero-order valence-corrected chi connectivity index (χ0v) is 32.8. The van der Waals surface area contributed by atoms with Gasteiger partial charge in [-0.05, 0) is 98.0 Å². The third kappa shape index (κ3) is 9.36. The Balaban J connectivity index is 1.02. The number of hydrogen-bond donors (Lipinski definition) is 3. The zero-order chi connectivity index (χ0) is 38.3. The Morgan fingerprint density at radius 3 is 2.29 bits per heavy atom. The Labute approximate surface area is 328 Å². The molecule has 0 aliphatic carbocycles. The maximum atomic E-state index is 13.6. The van der Waals surface area contributed by atoms with E-state index in [-0.39, 0.29) is 30.9 Å². The number of rotatable bonds is 13. The predicted octanol–water partition coefficient (Wildman–Crippen LogP) is 6.53. The van der Waals surface area contributed by atoms with Gasteiger partial charge in [0.15, 0.2) is 5.65 Å². The van der Waals surface area contributed by atoms with Gasteiger partial charge in [-0.1, -0.05) is 42.8 Å². The molecule has 12 heteroatoms. The highest BCUT2D eigenvalue weighted by Crippen LogP contribution is 2.32. The first-order valence-electron chi connectivity index (χ1n) is 19.5. The highest BCUT2D eigenvalue weighted by atomic mass is 35.5. The number of ether oxygens (including phenoxy) is 1. The number of piperazine rings is 1. The van der Waals surface area contributed by atoms with Gasteiger partial charge < -0.3 is 25.6 Å². The first-order valence-corrected chi connectivity index (χ1v) is 19.8. The molecule has 2 amide bonds. The van der Waals surface area contributed by atoms with Crippen molar-refractivity contribution in [1.29, 1.82) is 0 Å². The molecule has 4 heterocycles.